The molecule has 9 aromatic rings. The van der Waals surface area contributed by atoms with E-state index >= 15 is 0 Å². The Morgan fingerprint density at radius 1 is 0.440 bits per heavy atom. The van der Waals surface area contributed by atoms with Crippen LogP contribution in [0.1, 0.15) is 49.9 Å². The van der Waals surface area contributed by atoms with E-state index in [0.717, 1.165) is 50.0 Å². The fourth-order valence-electron chi connectivity index (χ4n) is 9.30. The molecule has 2 aliphatic carbocycles. The first-order chi connectivity index (χ1) is 24.3. The number of rotatable bonds is 2. The minimum Gasteiger partial charge on any atom is -0.294 e. The Labute approximate surface area is 290 Å². The van der Waals surface area contributed by atoms with Crippen LogP contribution in [0.2, 0.25) is 0 Å². The molecule has 0 radical (unpaired) electrons. The van der Waals surface area contributed by atoms with Crippen molar-refractivity contribution in [3.63, 3.8) is 0 Å². The fourth-order valence-corrected chi connectivity index (χ4v) is 9.30. The molecule has 11 rings (SSSR count). The number of fused-ring (bicyclic) bond motifs is 12. The van der Waals surface area contributed by atoms with Gasteiger partial charge in [0.1, 0.15) is 11.3 Å². The molecule has 4 aromatic heterocycles. The number of para-hydroxylation sites is 1. The van der Waals surface area contributed by atoms with E-state index in [9.17, 15) is 0 Å². The van der Waals surface area contributed by atoms with Gasteiger partial charge in [0.05, 0.1) is 16.6 Å². The second-order valence-electron chi connectivity index (χ2n) is 15.1. The van der Waals surface area contributed by atoms with Crippen LogP contribution in [0.3, 0.4) is 0 Å². The summed E-state index contributed by atoms with van der Waals surface area (Å²) in [6.45, 7) is 9.37. The molecule has 0 N–H and O–H groups in total. The van der Waals surface area contributed by atoms with Crippen molar-refractivity contribution < 1.29 is 0 Å². The van der Waals surface area contributed by atoms with Gasteiger partial charge in [0.25, 0.3) is 0 Å². The fraction of sp³-hybridized carbons (Fsp3) is 0.130. The molecule has 0 aliphatic heterocycles. The van der Waals surface area contributed by atoms with E-state index in [4.69, 9.17) is 9.97 Å². The van der Waals surface area contributed by atoms with Gasteiger partial charge in [0.15, 0.2) is 0 Å². The standard InChI is InChI=1S/C46H34N4/c1-45(2)36-15-8-5-12-29(36)31-21-19-27(24-38(31)45)49-40-17-10-7-14-33(40)34-26-35-42-41(18-11-23-47-42)50(44(35)48-43(34)49)28-20-22-32-30-13-6-9-16-37(30)46(3,4)39(32)25-28/h5-26H,1-4H3. The highest BCUT2D eigenvalue weighted by atomic mass is 15.1. The van der Waals surface area contributed by atoms with Crippen LogP contribution in [0.4, 0.5) is 0 Å². The first kappa shape index (κ1) is 27.9. The van der Waals surface area contributed by atoms with E-state index in [1.165, 1.54) is 49.9 Å². The van der Waals surface area contributed by atoms with E-state index in [-0.39, 0.29) is 10.8 Å². The molecule has 0 spiro atoms. The number of aromatic nitrogens is 4. The molecule has 4 nitrogen and oxygen atoms in total. The summed E-state index contributed by atoms with van der Waals surface area (Å²) in [5.41, 5.74) is 17.8. The van der Waals surface area contributed by atoms with Crippen molar-refractivity contribution in [3.8, 4) is 33.6 Å². The van der Waals surface area contributed by atoms with Crippen LogP contribution in [0.15, 0.2) is 134 Å². The smallest absolute Gasteiger partial charge is 0.149 e. The summed E-state index contributed by atoms with van der Waals surface area (Å²) in [6, 6.07) is 46.8. The van der Waals surface area contributed by atoms with Crippen LogP contribution in [-0.4, -0.2) is 19.1 Å². The Bertz CT molecular complexity index is 2740. The van der Waals surface area contributed by atoms with E-state index < -0.39 is 0 Å². The Balaban J connectivity index is 1.20. The zero-order valence-corrected chi connectivity index (χ0v) is 28.5. The second kappa shape index (κ2) is 9.36. The summed E-state index contributed by atoms with van der Waals surface area (Å²) in [5, 5.41) is 3.38. The van der Waals surface area contributed by atoms with Crippen molar-refractivity contribution in [1.82, 2.24) is 19.1 Å². The monoisotopic (exact) mass is 642 g/mol. The van der Waals surface area contributed by atoms with Crippen molar-refractivity contribution in [2.75, 3.05) is 0 Å². The van der Waals surface area contributed by atoms with Gasteiger partial charge in [-0.1, -0.05) is 107 Å². The molecular weight excluding hydrogens is 609 g/mol. The Morgan fingerprint density at radius 2 is 0.960 bits per heavy atom. The SMILES string of the molecule is CC1(C)c2ccccc2-c2ccc(-n3c4ccccc4c4cc5c6ncccc6n(-c6ccc7c(c6)C(C)(C)c6ccccc6-7)c5nc43)cc21. The second-order valence-corrected chi connectivity index (χ2v) is 15.1. The summed E-state index contributed by atoms with van der Waals surface area (Å²) < 4.78 is 4.68. The van der Waals surface area contributed by atoms with Crippen LogP contribution in [0, 0.1) is 0 Å². The third-order valence-corrected chi connectivity index (χ3v) is 11.8. The highest BCUT2D eigenvalue weighted by Gasteiger charge is 2.37. The Kier molecular flexibility index (Phi) is 5.23. The first-order valence-corrected chi connectivity index (χ1v) is 17.5. The predicted octanol–water partition coefficient (Wildman–Crippen LogP) is 11.3. The summed E-state index contributed by atoms with van der Waals surface area (Å²) in [6.07, 6.45) is 1.90. The van der Waals surface area contributed by atoms with Gasteiger partial charge in [0, 0.05) is 44.6 Å². The molecule has 0 fully saturated rings. The van der Waals surface area contributed by atoms with E-state index in [2.05, 4.69) is 158 Å². The zero-order chi connectivity index (χ0) is 33.5. The highest BCUT2D eigenvalue weighted by Crippen LogP contribution is 2.51. The molecule has 4 heteroatoms. The van der Waals surface area contributed by atoms with Gasteiger partial charge in [-0.2, -0.15) is 0 Å². The number of hydrogen-bond donors (Lipinski definition) is 0. The number of nitrogens with zero attached hydrogens (tertiary/aromatic N) is 4. The molecule has 0 saturated heterocycles. The third kappa shape index (κ3) is 3.40. The van der Waals surface area contributed by atoms with Crippen molar-refractivity contribution in [1.29, 1.82) is 0 Å². The lowest BCUT2D eigenvalue weighted by Crippen LogP contribution is -2.15. The van der Waals surface area contributed by atoms with E-state index in [0.29, 0.717) is 0 Å². The molecule has 0 amide bonds. The lowest BCUT2D eigenvalue weighted by atomic mass is 9.82. The van der Waals surface area contributed by atoms with Gasteiger partial charge in [-0.15, -0.1) is 0 Å². The number of pyridine rings is 2. The maximum Gasteiger partial charge on any atom is 0.149 e. The quantitative estimate of drug-likeness (QED) is 0.188. The zero-order valence-electron chi connectivity index (χ0n) is 28.5. The Morgan fingerprint density at radius 3 is 1.62 bits per heavy atom. The molecular formula is C46H34N4. The van der Waals surface area contributed by atoms with Crippen LogP contribution >= 0.6 is 0 Å². The van der Waals surface area contributed by atoms with Gasteiger partial charge < -0.3 is 0 Å². The molecule has 2 aliphatic rings. The average Bonchev–Trinajstić information content (AvgIpc) is 3.79. The van der Waals surface area contributed by atoms with Gasteiger partial charge in [-0.25, -0.2) is 4.98 Å². The maximum atomic E-state index is 5.63. The normalized spacial score (nSPS) is 15.1. The molecule has 5 aromatic carbocycles. The molecule has 0 bridgehead atoms. The minimum atomic E-state index is -0.104. The predicted molar refractivity (Wildman–Crippen MR) is 206 cm³/mol. The molecule has 0 atom stereocenters. The summed E-state index contributed by atoms with van der Waals surface area (Å²) in [5.74, 6) is 0. The maximum absolute atomic E-state index is 5.63. The van der Waals surface area contributed by atoms with Crippen LogP contribution < -0.4 is 0 Å². The molecule has 50 heavy (non-hydrogen) atoms. The largest absolute Gasteiger partial charge is 0.294 e. The molecule has 0 unspecified atom stereocenters. The van der Waals surface area contributed by atoms with Crippen molar-refractivity contribution >= 4 is 44.0 Å². The number of hydrogen-bond acceptors (Lipinski definition) is 2. The van der Waals surface area contributed by atoms with E-state index in [1.807, 2.05) is 12.3 Å². The van der Waals surface area contributed by atoms with Crippen molar-refractivity contribution in [3.05, 3.63) is 156 Å². The van der Waals surface area contributed by atoms with Crippen LogP contribution in [0.5, 0.6) is 0 Å². The van der Waals surface area contributed by atoms with Crippen LogP contribution in [0.25, 0.3) is 77.6 Å². The highest BCUT2D eigenvalue weighted by molar-refractivity contribution is 6.15. The molecule has 4 heterocycles. The van der Waals surface area contributed by atoms with E-state index in [1.54, 1.807) is 0 Å². The van der Waals surface area contributed by atoms with Crippen molar-refractivity contribution in [2.24, 2.45) is 0 Å². The summed E-state index contributed by atoms with van der Waals surface area (Å²) in [4.78, 5) is 10.6. The van der Waals surface area contributed by atoms with Gasteiger partial charge >= 0.3 is 0 Å². The summed E-state index contributed by atoms with van der Waals surface area (Å²) >= 11 is 0. The van der Waals surface area contributed by atoms with Gasteiger partial charge in [0.2, 0.25) is 0 Å². The van der Waals surface area contributed by atoms with Gasteiger partial charge in [-0.3, -0.25) is 14.1 Å². The Hall–Kier alpha value is -6.00. The van der Waals surface area contributed by atoms with Crippen molar-refractivity contribution in [2.45, 2.75) is 38.5 Å². The lowest BCUT2D eigenvalue weighted by Gasteiger charge is -2.22. The summed E-state index contributed by atoms with van der Waals surface area (Å²) in [7, 11) is 0. The molecule has 238 valence electrons. The lowest BCUT2D eigenvalue weighted by molar-refractivity contribution is 0.660. The minimum absolute atomic E-state index is 0.0967. The average molecular weight is 643 g/mol. The van der Waals surface area contributed by atoms with Gasteiger partial charge in [-0.05, 0) is 93.0 Å². The topological polar surface area (TPSA) is 35.6 Å². The van der Waals surface area contributed by atoms with Crippen LogP contribution in [-0.2, 0) is 10.8 Å². The number of benzene rings is 5. The first-order valence-electron chi connectivity index (χ1n) is 17.5. The third-order valence-electron chi connectivity index (χ3n) is 11.8. The molecule has 0 saturated carbocycles.